The fourth-order valence-corrected chi connectivity index (χ4v) is 3.13. The molecule has 0 spiro atoms. The monoisotopic (exact) mass is 313 g/mol. The normalized spacial score (nSPS) is 15.5. The Bertz CT molecular complexity index is 627. The van der Waals surface area contributed by atoms with E-state index in [1.165, 1.54) is 16.9 Å². The van der Waals surface area contributed by atoms with E-state index >= 15 is 0 Å². The molecule has 114 valence electrons. The van der Waals surface area contributed by atoms with Crippen molar-refractivity contribution in [1.82, 2.24) is 10.3 Å². The van der Waals surface area contributed by atoms with Crippen molar-refractivity contribution in [1.29, 1.82) is 0 Å². The zero-order valence-corrected chi connectivity index (χ0v) is 13.2. The molecule has 1 saturated heterocycles. The minimum absolute atomic E-state index is 0.116. The Morgan fingerprint density at radius 3 is 2.59 bits per heavy atom. The lowest BCUT2D eigenvalue weighted by molar-refractivity contribution is 0.0958. The van der Waals surface area contributed by atoms with Crippen LogP contribution in [0, 0.1) is 0 Å². The molecule has 0 unspecified atom stereocenters. The summed E-state index contributed by atoms with van der Waals surface area (Å²) in [7, 11) is 0. The summed E-state index contributed by atoms with van der Waals surface area (Å²) >= 11 is 1.43. The van der Waals surface area contributed by atoms with E-state index < -0.39 is 0 Å². The summed E-state index contributed by atoms with van der Waals surface area (Å²) in [6.45, 7) is 2.96. The van der Waals surface area contributed by atoms with Crippen LogP contribution >= 0.6 is 11.3 Å². The average molecular weight is 313 g/mol. The number of nitrogens with zero attached hydrogens (tertiary/aromatic N) is 2. The number of likely N-dealkylation sites (tertiary alicyclic amines) is 1. The molecule has 1 aromatic heterocycles. The fourth-order valence-electron chi connectivity index (χ4n) is 2.52. The molecule has 22 heavy (non-hydrogen) atoms. The number of carbonyl (C=O) groups excluding carboxylic acids is 1. The van der Waals surface area contributed by atoms with Crippen LogP contribution in [0.5, 0.6) is 0 Å². The van der Waals surface area contributed by atoms with Gasteiger partial charge in [-0.15, -0.1) is 11.3 Å². The highest BCUT2D eigenvalue weighted by Gasteiger charge is 2.15. The van der Waals surface area contributed by atoms with Gasteiger partial charge in [0.1, 0.15) is 0 Å². The van der Waals surface area contributed by atoms with E-state index in [1.54, 1.807) is 0 Å². The van der Waals surface area contributed by atoms with Crippen LogP contribution in [0.15, 0.2) is 52.9 Å². The van der Waals surface area contributed by atoms with E-state index in [9.17, 15) is 4.79 Å². The number of carbonyl (C=O) groups is 1. The maximum Gasteiger partial charge on any atom is 0.281 e. The molecule has 1 N–H and O–H groups in total. The van der Waals surface area contributed by atoms with E-state index in [2.05, 4.69) is 39.7 Å². The Labute approximate surface area is 134 Å². The van der Waals surface area contributed by atoms with Gasteiger partial charge in [-0.1, -0.05) is 36.4 Å². The molecule has 0 atom stereocenters. The van der Waals surface area contributed by atoms with Crippen LogP contribution in [0.3, 0.4) is 0 Å². The number of nitrogens with one attached hydrogen (secondary N) is 1. The van der Waals surface area contributed by atoms with Crippen molar-refractivity contribution in [2.45, 2.75) is 19.4 Å². The number of amides is 1. The van der Waals surface area contributed by atoms with Crippen molar-refractivity contribution in [2.24, 2.45) is 5.10 Å². The number of benzene rings is 1. The second-order valence-electron chi connectivity index (χ2n) is 5.36. The maximum absolute atomic E-state index is 11.8. The zero-order chi connectivity index (χ0) is 15.2. The highest BCUT2D eigenvalue weighted by molar-refractivity contribution is 7.12. The smallest absolute Gasteiger partial charge is 0.281 e. The van der Waals surface area contributed by atoms with Crippen LogP contribution in [0.4, 0.5) is 0 Å². The molecule has 1 aliphatic rings. The Morgan fingerprint density at radius 2 is 1.91 bits per heavy atom. The van der Waals surface area contributed by atoms with Gasteiger partial charge in [-0.2, -0.15) is 5.10 Å². The van der Waals surface area contributed by atoms with Crippen LogP contribution in [-0.2, 0) is 6.54 Å². The first-order valence-electron chi connectivity index (χ1n) is 7.47. The van der Waals surface area contributed by atoms with Gasteiger partial charge >= 0.3 is 0 Å². The van der Waals surface area contributed by atoms with Gasteiger partial charge in [0.25, 0.3) is 5.91 Å². The molecule has 0 bridgehead atoms. The summed E-state index contributed by atoms with van der Waals surface area (Å²) in [6, 6.07) is 14.2. The topological polar surface area (TPSA) is 44.7 Å². The van der Waals surface area contributed by atoms with Crippen LogP contribution < -0.4 is 5.43 Å². The predicted molar refractivity (Wildman–Crippen MR) is 90.2 cm³/mol. The van der Waals surface area contributed by atoms with E-state index in [1.807, 2.05) is 23.6 Å². The molecule has 0 radical (unpaired) electrons. The molecule has 1 aliphatic heterocycles. The summed E-state index contributed by atoms with van der Waals surface area (Å²) in [5.41, 5.74) is 5.08. The van der Waals surface area contributed by atoms with Crippen LogP contribution in [-0.4, -0.2) is 29.6 Å². The minimum atomic E-state index is -0.116. The number of piperidine rings is 1. The quantitative estimate of drug-likeness (QED) is 0.881. The zero-order valence-electron chi connectivity index (χ0n) is 12.4. The summed E-state index contributed by atoms with van der Waals surface area (Å²) in [5.74, 6) is -0.116. The van der Waals surface area contributed by atoms with Gasteiger partial charge in [0.2, 0.25) is 0 Å². The predicted octanol–water partition coefficient (Wildman–Crippen LogP) is 3.13. The molecule has 0 saturated carbocycles. The SMILES string of the molecule is O=C(NN=C1CCN(Cc2ccccc2)CC1)c1cccs1. The third-order valence-corrected chi connectivity index (χ3v) is 4.61. The van der Waals surface area contributed by atoms with Gasteiger partial charge in [0, 0.05) is 38.2 Å². The Morgan fingerprint density at radius 1 is 1.14 bits per heavy atom. The van der Waals surface area contributed by atoms with Crippen molar-refractivity contribution in [3.8, 4) is 0 Å². The van der Waals surface area contributed by atoms with Gasteiger partial charge in [-0.3, -0.25) is 9.69 Å². The summed E-state index contributed by atoms with van der Waals surface area (Å²) < 4.78 is 0. The first kappa shape index (κ1) is 14.9. The molecule has 1 aromatic carbocycles. The lowest BCUT2D eigenvalue weighted by atomic mass is 10.1. The molecular weight excluding hydrogens is 294 g/mol. The van der Waals surface area contributed by atoms with Gasteiger partial charge in [0.05, 0.1) is 4.88 Å². The summed E-state index contributed by atoms with van der Waals surface area (Å²) in [5, 5.41) is 6.17. The molecule has 1 amide bonds. The van der Waals surface area contributed by atoms with Gasteiger partial charge in [0.15, 0.2) is 0 Å². The van der Waals surface area contributed by atoms with E-state index in [-0.39, 0.29) is 5.91 Å². The molecule has 4 nitrogen and oxygen atoms in total. The number of rotatable bonds is 4. The van der Waals surface area contributed by atoms with Crippen LogP contribution in [0.2, 0.25) is 0 Å². The van der Waals surface area contributed by atoms with Crippen LogP contribution in [0.1, 0.15) is 28.1 Å². The van der Waals surface area contributed by atoms with Crippen molar-refractivity contribution in [3.63, 3.8) is 0 Å². The molecule has 0 aliphatic carbocycles. The largest absolute Gasteiger partial charge is 0.298 e. The molecule has 1 fully saturated rings. The van der Waals surface area contributed by atoms with E-state index in [0.29, 0.717) is 4.88 Å². The highest BCUT2D eigenvalue weighted by atomic mass is 32.1. The molecular formula is C17H19N3OS. The summed E-state index contributed by atoms with van der Waals surface area (Å²) in [4.78, 5) is 15.0. The standard InChI is InChI=1S/C17H19N3OS/c21-17(16-7-4-12-22-16)19-18-15-8-10-20(11-9-15)13-14-5-2-1-3-6-14/h1-7,12H,8-11,13H2,(H,19,21). The number of hydrogen-bond acceptors (Lipinski definition) is 4. The first-order chi connectivity index (χ1) is 10.8. The van der Waals surface area contributed by atoms with Crippen molar-refractivity contribution in [3.05, 3.63) is 58.3 Å². The highest BCUT2D eigenvalue weighted by Crippen LogP contribution is 2.12. The summed E-state index contributed by atoms with van der Waals surface area (Å²) in [6.07, 6.45) is 1.83. The Balaban J connectivity index is 1.47. The lowest BCUT2D eigenvalue weighted by Gasteiger charge is -2.27. The molecule has 2 heterocycles. The van der Waals surface area contributed by atoms with Gasteiger partial charge in [-0.05, 0) is 17.0 Å². The third kappa shape index (κ3) is 4.02. The molecule has 5 heteroatoms. The van der Waals surface area contributed by atoms with Crippen molar-refractivity contribution >= 4 is 23.0 Å². The average Bonchev–Trinajstić information content (AvgIpc) is 3.09. The Hall–Kier alpha value is -1.98. The van der Waals surface area contributed by atoms with Crippen LogP contribution in [0.25, 0.3) is 0 Å². The van der Waals surface area contributed by atoms with Crippen molar-refractivity contribution in [2.75, 3.05) is 13.1 Å². The molecule has 3 rings (SSSR count). The van der Waals surface area contributed by atoms with E-state index in [0.717, 1.165) is 38.2 Å². The van der Waals surface area contributed by atoms with Gasteiger partial charge in [-0.25, -0.2) is 5.43 Å². The van der Waals surface area contributed by atoms with Gasteiger partial charge < -0.3 is 0 Å². The Kier molecular flexibility index (Phi) is 4.98. The molecule has 2 aromatic rings. The fraction of sp³-hybridized carbons (Fsp3) is 0.294. The number of hydrogen-bond donors (Lipinski definition) is 1. The van der Waals surface area contributed by atoms with E-state index in [4.69, 9.17) is 0 Å². The lowest BCUT2D eigenvalue weighted by Crippen LogP contribution is -2.34. The minimum Gasteiger partial charge on any atom is -0.298 e. The second kappa shape index (κ2) is 7.33. The first-order valence-corrected chi connectivity index (χ1v) is 8.35. The number of hydrazone groups is 1. The number of thiophene rings is 1. The van der Waals surface area contributed by atoms with Crippen molar-refractivity contribution < 1.29 is 4.79 Å². The second-order valence-corrected chi connectivity index (χ2v) is 6.31. The maximum atomic E-state index is 11.8. The third-order valence-electron chi connectivity index (χ3n) is 3.74.